The van der Waals surface area contributed by atoms with E-state index in [2.05, 4.69) is 0 Å². The van der Waals surface area contributed by atoms with Crippen LogP contribution in [0.15, 0.2) is 22.8 Å². The Morgan fingerprint density at radius 2 is 1.58 bits per heavy atom. The summed E-state index contributed by atoms with van der Waals surface area (Å²) < 4.78 is 36.6. The first-order valence-corrected chi connectivity index (χ1v) is 7.39. The third-order valence-corrected chi connectivity index (χ3v) is 3.06. The molecule has 0 aliphatic carbocycles. The predicted molar refractivity (Wildman–Crippen MR) is 84.5 cm³/mol. The Kier molecular flexibility index (Phi) is 7.63. The van der Waals surface area contributed by atoms with Crippen LogP contribution in [0.3, 0.4) is 0 Å². The van der Waals surface area contributed by atoms with E-state index in [9.17, 15) is 5.11 Å². The molecule has 134 valence electrons. The lowest BCUT2D eigenvalue weighted by Gasteiger charge is -2.11. The highest BCUT2D eigenvalue weighted by Crippen LogP contribution is 2.38. The molecule has 1 heterocycles. The van der Waals surface area contributed by atoms with Crippen LogP contribution in [-0.2, 0) is 18.9 Å². The quantitative estimate of drug-likeness (QED) is 0.463. The highest BCUT2D eigenvalue weighted by Gasteiger charge is 2.14. The molecule has 1 N–H and O–H groups in total. The Bertz CT molecular complexity index is 609. The zero-order valence-electron chi connectivity index (χ0n) is 13.8. The van der Waals surface area contributed by atoms with E-state index < -0.39 is 0 Å². The van der Waals surface area contributed by atoms with E-state index in [1.165, 1.54) is 6.26 Å². The highest BCUT2D eigenvalue weighted by molar-refractivity contribution is 5.91. The Morgan fingerprint density at radius 1 is 0.917 bits per heavy atom. The van der Waals surface area contributed by atoms with Crippen LogP contribution in [0.2, 0.25) is 0 Å². The summed E-state index contributed by atoms with van der Waals surface area (Å²) in [5.41, 5.74) is 0.439. The van der Waals surface area contributed by atoms with Gasteiger partial charge in [0.15, 0.2) is 19.3 Å². The number of ether oxygens (including phenoxy) is 6. The first kappa shape index (κ1) is 18.3. The molecule has 0 spiro atoms. The molecule has 0 unspecified atom stereocenters. The summed E-state index contributed by atoms with van der Waals surface area (Å²) in [5.74, 6) is 0.865. The third-order valence-electron chi connectivity index (χ3n) is 3.06. The third kappa shape index (κ3) is 5.27. The van der Waals surface area contributed by atoms with Crippen LogP contribution >= 0.6 is 0 Å². The molecule has 0 saturated carbocycles. The summed E-state index contributed by atoms with van der Waals surface area (Å²) in [6.07, 6.45) is 1.24. The highest BCUT2D eigenvalue weighted by atomic mass is 16.7. The number of hydrogen-bond donors (Lipinski definition) is 1. The largest absolute Gasteiger partial charge is 0.504 e. The minimum absolute atomic E-state index is 0.0108. The average molecular weight is 342 g/mol. The van der Waals surface area contributed by atoms with E-state index in [0.717, 1.165) is 0 Å². The van der Waals surface area contributed by atoms with Gasteiger partial charge in [0.25, 0.3) is 0 Å². The second kappa shape index (κ2) is 9.99. The SMILES string of the molecule is COCCOCOc1cc(OCOCCOC)c2c(O)coc2c1. The zero-order chi connectivity index (χ0) is 17.2. The second-order valence-corrected chi connectivity index (χ2v) is 4.74. The van der Waals surface area contributed by atoms with Gasteiger partial charge in [0.1, 0.15) is 28.7 Å². The zero-order valence-corrected chi connectivity index (χ0v) is 13.8. The molecule has 8 nitrogen and oxygen atoms in total. The standard InChI is InChI=1S/C16H22O8/c1-18-3-5-20-10-23-12-7-14-16(13(17)9-22-14)15(8-12)24-11-21-6-4-19-2/h7-9,17H,3-6,10-11H2,1-2H3. The fourth-order valence-corrected chi connectivity index (χ4v) is 1.90. The molecular weight excluding hydrogens is 320 g/mol. The number of hydrogen-bond acceptors (Lipinski definition) is 8. The summed E-state index contributed by atoms with van der Waals surface area (Å²) in [6, 6.07) is 3.28. The Balaban J connectivity index is 1.99. The van der Waals surface area contributed by atoms with Gasteiger partial charge in [-0.15, -0.1) is 0 Å². The van der Waals surface area contributed by atoms with Crippen molar-refractivity contribution in [3.63, 3.8) is 0 Å². The molecular formula is C16H22O8. The lowest BCUT2D eigenvalue weighted by atomic mass is 10.2. The van der Waals surface area contributed by atoms with E-state index in [-0.39, 0.29) is 19.3 Å². The number of furan rings is 1. The van der Waals surface area contributed by atoms with Crippen LogP contribution < -0.4 is 9.47 Å². The molecule has 24 heavy (non-hydrogen) atoms. The fourth-order valence-electron chi connectivity index (χ4n) is 1.90. The van der Waals surface area contributed by atoms with Gasteiger partial charge in [-0.2, -0.15) is 0 Å². The predicted octanol–water partition coefficient (Wildman–Crippen LogP) is 2.14. The lowest BCUT2D eigenvalue weighted by molar-refractivity contribution is -0.0112. The van der Waals surface area contributed by atoms with Gasteiger partial charge >= 0.3 is 0 Å². The van der Waals surface area contributed by atoms with Crippen molar-refractivity contribution in [2.75, 3.05) is 54.2 Å². The Hall–Kier alpha value is -2.00. The van der Waals surface area contributed by atoms with E-state index in [1.807, 2.05) is 0 Å². The van der Waals surface area contributed by atoms with E-state index in [4.69, 9.17) is 32.8 Å². The van der Waals surface area contributed by atoms with Crippen LogP contribution in [0.1, 0.15) is 0 Å². The summed E-state index contributed by atoms with van der Waals surface area (Å²) in [7, 11) is 3.19. The van der Waals surface area contributed by atoms with Gasteiger partial charge in [0.05, 0.1) is 26.4 Å². The maximum absolute atomic E-state index is 9.88. The molecule has 0 fully saturated rings. The van der Waals surface area contributed by atoms with Crippen molar-refractivity contribution in [2.45, 2.75) is 0 Å². The van der Waals surface area contributed by atoms with E-state index in [0.29, 0.717) is 48.9 Å². The minimum Gasteiger partial charge on any atom is -0.504 e. The lowest BCUT2D eigenvalue weighted by Crippen LogP contribution is -2.09. The van der Waals surface area contributed by atoms with Crippen molar-refractivity contribution in [3.8, 4) is 17.2 Å². The second-order valence-electron chi connectivity index (χ2n) is 4.74. The molecule has 2 aromatic rings. The molecule has 1 aromatic heterocycles. The van der Waals surface area contributed by atoms with Gasteiger partial charge < -0.3 is 37.9 Å². The fraction of sp³-hybridized carbons (Fsp3) is 0.500. The first-order chi connectivity index (χ1) is 11.8. The summed E-state index contributed by atoms with van der Waals surface area (Å²) >= 11 is 0. The van der Waals surface area contributed by atoms with Crippen LogP contribution in [0.25, 0.3) is 11.0 Å². The smallest absolute Gasteiger partial charge is 0.189 e. The van der Waals surface area contributed by atoms with E-state index in [1.54, 1.807) is 26.4 Å². The van der Waals surface area contributed by atoms with Gasteiger partial charge in [-0.1, -0.05) is 0 Å². The van der Waals surface area contributed by atoms with Crippen molar-refractivity contribution in [1.82, 2.24) is 0 Å². The number of aromatic hydroxyl groups is 1. The summed E-state index contributed by atoms with van der Waals surface area (Å²) in [4.78, 5) is 0. The van der Waals surface area contributed by atoms with E-state index >= 15 is 0 Å². The van der Waals surface area contributed by atoms with Gasteiger partial charge in [-0.25, -0.2) is 0 Å². The molecule has 0 atom stereocenters. The molecule has 8 heteroatoms. The Morgan fingerprint density at radius 3 is 2.25 bits per heavy atom. The van der Waals surface area contributed by atoms with Gasteiger partial charge in [0, 0.05) is 26.4 Å². The van der Waals surface area contributed by atoms with Crippen molar-refractivity contribution in [3.05, 3.63) is 18.4 Å². The molecule has 0 aliphatic heterocycles. The monoisotopic (exact) mass is 342 g/mol. The number of fused-ring (bicyclic) bond motifs is 1. The molecule has 0 radical (unpaired) electrons. The topological polar surface area (TPSA) is 88.8 Å². The molecule has 2 rings (SSSR count). The molecule has 1 aromatic carbocycles. The summed E-state index contributed by atoms with van der Waals surface area (Å²) in [5, 5.41) is 10.3. The van der Waals surface area contributed by atoms with Gasteiger partial charge in [-0.05, 0) is 0 Å². The van der Waals surface area contributed by atoms with Crippen molar-refractivity contribution < 1.29 is 37.9 Å². The maximum atomic E-state index is 9.88. The van der Waals surface area contributed by atoms with Crippen LogP contribution in [-0.4, -0.2) is 59.3 Å². The van der Waals surface area contributed by atoms with Gasteiger partial charge in [0.2, 0.25) is 0 Å². The van der Waals surface area contributed by atoms with Crippen molar-refractivity contribution in [1.29, 1.82) is 0 Å². The van der Waals surface area contributed by atoms with Crippen LogP contribution in [0.4, 0.5) is 0 Å². The molecule has 0 saturated heterocycles. The van der Waals surface area contributed by atoms with Crippen molar-refractivity contribution in [2.24, 2.45) is 0 Å². The van der Waals surface area contributed by atoms with Crippen LogP contribution in [0, 0.1) is 0 Å². The Labute approximate surface area is 139 Å². The minimum atomic E-state index is -0.0141. The summed E-state index contributed by atoms with van der Waals surface area (Å²) in [6.45, 7) is 1.86. The van der Waals surface area contributed by atoms with Crippen LogP contribution in [0.5, 0.6) is 17.2 Å². The number of methoxy groups -OCH3 is 2. The maximum Gasteiger partial charge on any atom is 0.189 e. The number of rotatable bonds is 12. The average Bonchev–Trinajstić information content (AvgIpc) is 2.96. The first-order valence-electron chi connectivity index (χ1n) is 7.39. The normalized spacial score (nSPS) is 11.1. The molecule has 0 amide bonds. The molecule has 0 aliphatic rings. The van der Waals surface area contributed by atoms with Crippen molar-refractivity contribution >= 4 is 11.0 Å². The molecule has 0 bridgehead atoms. The van der Waals surface area contributed by atoms with Gasteiger partial charge in [-0.3, -0.25) is 0 Å². The number of benzene rings is 1.